The van der Waals surface area contributed by atoms with Crippen LogP contribution in [0.3, 0.4) is 0 Å². The van der Waals surface area contributed by atoms with Gasteiger partial charge in [0.1, 0.15) is 5.75 Å². The lowest BCUT2D eigenvalue weighted by Gasteiger charge is -2.57. The molecule has 0 heterocycles. The zero-order chi connectivity index (χ0) is 26.2. The molecule has 4 rings (SSSR count). The summed E-state index contributed by atoms with van der Waals surface area (Å²) in [6.07, 6.45) is 0.00711. The molecule has 0 saturated heterocycles. The summed E-state index contributed by atoms with van der Waals surface area (Å²) in [5.74, 6) is -10.4. The van der Waals surface area contributed by atoms with Crippen LogP contribution in [0.4, 0.5) is 5.69 Å². The summed E-state index contributed by atoms with van der Waals surface area (Å²) in [5.41, 5.74) is 8.63. The minimum atomic E-state index is -2.78. The SMILES string of the molecule is CN(C)c1ccc(O)c2c1C[C@@]1(CN)C[C@H]3[C@H](N(C)C)C(=O)C(C(N)=O)C(=O)[C@@]3(O)C(=O)C1C2=O. The zero-order valence-corrected chi connectivity index (χ0v) is 20.1. The molecule has 0 radical (unpaired) electrons. The Morgan fingerprint density at radius 1 is 1.11 bits per heavy atom. The van der Waals surface area contributed by atoms with Crippen molar-refractivity contribution in [3.63, 3.8) is 0 Å². The highest BCUT2D eigenvalue weighted by atomic mass is 16.3. The van der Waals surface area contributed by atoms with E-state index in [4.69, 9.17) is 11.5 Å². The van der Waals surface area contributed by atoms with Crippen LogP contribution in [-0.2, 0) is 25.6 Å². The number of rotatable bonds is 4. The van der Waals surface area contributed by atoms with E-state index in [0.717, 1.165) is 0 Å². The van der Waals surface area contributed by atoms with Crippen molar-refractivity contribution in [3.05, 3.63) is 23.3 Å². The molecule has 0 spiro atoms. The third kappa shape index (κ3) is 3.11. The number of fused-ring (bicyclic) bond motifs is 3. The van der Waals surface area contributed by atoms with Crippen LogP contribution in [0.25, 0.3) is 0 Å². The number of hydrogen-bond acceptors (Lipinski definition) is 10. The quantitative estimate of drug-likeness (QED) is 0.356. The molecule has 3 aliphatic rings. The predicted octanol–water partition coefficient (Wildman–Crippen LogP) is -1.74. The van der Waals surface area contributed by atoms with Crippen LogP contribution in [0.15, 0.2) is 12.1 Å². The Labute approximate surface area is 202 Å². The molecular weight excluding hydrogens is 456 g/mol. The molecule has 188 valence electrons. The number of hydrogen-bond donors (Lipinski definition) is 4. The summed E-state index contributed by atoms with van der Waals surface area (Å²) in [6.45, 7) is -0.147. The Kier molecular flexibility index (Phi) is 5.66. The van der Waals surface area contributed by atoms with E-state index in [1.165, 1.54) is 25.1 Å². The van der Waals surface area contributed by atoms with Gasteiger partial charge in [-0.3, -0.25) is 28.9 Å². The molecule has 3 aliphatic carbocycles. The largest absolute Gasteiger partial charge is 0.507 e. The number of benzene rings is 1. The highest BCUT2D eigenvalue weighted by Crippen LogP contribution is 2.57. The van der Waals surface area contributed by atoms with E-state index in [0.29, 0.717) is 11.3 Å². The average Bonchev–Trinajstić information content (AvgIpc) is 2.75. The van der Waals surface area contributed by atoms with Gasteiger partial charge < -0.3 is 26.6 Å². The van der Waals surface area contributed by atoms with Gasteiger partial charge in [-0.1, -0.05) is 0 Å². The van der Waals surface area contributed by atoms with Gasteiger partial charge in [0.15, 0.2) is 34.7 Å². The van der Waals surface area contributed by atoms with E-state index in [1.807, 2.05) is 0 Å². The maximum Gasteiger partial charge on any atom is 0.235 e. The zero-order valence-electron chi connectivity index (χ0n) is 20.1. The van der Waals surface area contributed by atoms with Crippen LogP contribution in [0.5, 0.6) is 5.75 Å². The van der Waals surface area contributed by atoms with Crippen molar-refractivity contribution in [1.29, 1.82) is 0 Å². The van der Waals surface area contributed by atoms with Crippen molar-refractivity contribution in [3.8, 4) is 5.75 Å². The number of phenolic OH excluding ortho intramolecular Hbond substituents is 1. The Hall–Kier alpha value is -3.15. The van der Waals surface area contributed by atoms with Crippen molar-refractivity contribution >= 4 is 34.7 Å². The predicted molar refractivity (Wildman–Crippen MR) is 124 cm³/mol. The van der Waals surface area contributed by atoms with Crippen LogP contribution in [0.1, 0.15) is 22.3 Å². The van der Waals surface area contributed by atoms with E-state index in [-0.39, 0.29) is 30.7 Å². The number of aliphatic hydroxyl groups is 1. The monoisotopic (exact) mass is 486 g/mol. The summed E-state index contributed by atoms with van der Waals surface area (Å²) < 4.78 is 0. The third-order valence-electron chi connectivity index (χ3n) is 8.04. The Morgan fingerprint density at radius 2 is 1.74 bits per heavy atom. The molecule has 1 aromatic carbocycles. The van der Waals surface area contributed by atoms with Gasteiger partial charge in [0, 0.05) is 31.1 Å². The minimum Gasteiger partial charge on any atom is -0.507 e. The Morgan fingerprint density at radius 3 is 2.26 bits per heavy atom. The molecule has 2 unspecified atom stereocenters. The Balaban J connectivity index is 1.98. The van der Waals surface area contributed by atoms with Crippen molar-refractivity contribution in [2.45, 2.75) is 24.5 Å². The molecule has 2 fully saturated rings. The first-order valence-electron chi connectivity index (χ1n) is 11.3. The highest BCUT2D eigenvalue weighted by molar-refractivity contribution is 6.32. The fraction of sp³-hybridized carbons (Fsp3) is 0.542. The van der Waals surface area contributed by atoms with Gasteiger partial charge in [-0.2, -0.15) is 0 Å². The van der Waals surface area contributed by atoms with Crippen LogP contribution in [-0.4, -0.2) is 90.5 Å². The van der Waals surface area contributed by atoms with Crippen molar-refractivity contribution in [2.24, 2.45) is 34.6 Å². The smallest absolute Gasteiger partial charge is 0.235 e. The van der Waals surface area contributed by atoms with Gasteiger partial charge in [0.2, 0.25) is 5.91 Å². The number of likely N-dealkylation sites (N-methyl/N-ethyl adjacent to an activating group) is 1. The molecule has 6 N–H and O–H groups in total. The summed E-state index contributed by atoms with van der Waals surface area (Å²) in [5, 5.41) is 22.2. The molecule has 6 atom stereocenters. The first kappa shape index (κ1) is 25.0. The highest BCUT2D eigenvalue weighted by Gasteiger charge is 2.72. The summed E-state index contributed by atoms with van der Waals surface area (Å²) in [4.78, 5) is 69.6. The number of carbonyl (C=O) groups is 5. The summed E-state index contributed by atoms with van der Waals surface area (Å²) >= 11 is 0. The van der Waals surface area contributed by atoms with E-state index in [2.05, 4.69) is 0 Å². The number of phenols is 1. The number of anilines is 1. The second-order valence-electron chi connectivity index (χ2n) is 10.3. The molecule has 0 bridgehead atoms. The molecule has 35 heavy (non-hydrogen) atoms. The number of nitrogens with zero attached hydrogens (tertiary/aromatic N) is 2. The average molecular weight is 487 g/mol. The minimum absolute atomic E-state index is 0.0596. The van der Waals surface area contributed by atoms with E-state index in [9.17, 15) is 34.2 Å². The molecule has 1 amide bonds. The first-order chi connectivity index (χ1) is 16.2. The lowest BCUT2D eigenvalue weighted by molar-refractivity contribution is -0.185. The fourth-order valence-electron chi connectivity index (χ4n) is 6.47. The molecule has 0 aliphatic heterocycles. The van der Waals surface area contributed by atoms with Crippen molar-refractivity contribution in [2.75, 3.05) is 39.6 Å². The first-order valence-corrected chi connectivity index (χ1v) is 11.3. The molecule has 2 saturated carbocycles. The lowest BCUT2D eigenvalue weighted by Crippen LogP contribution is -2.76. The Bertz CT molecular complexity index is 1180. The third-order valence-corrected chi connectivity index (χ3v) is 8.04. The number of nitrogens with two attached hydrogens (primary N) is 2. The second kappa shape index (κ2) is 7.94. The normalized spacial score (nSPS) is 34.4. The number of Topliss-reactive ketones (excluding diaryl/α,β-unsaturated/α-hetero) is 4. The maximum atomic E-state index is 14.0. The van der Waals surface area contributed by atoms with E-state index in [1.54, 1.807) is 25.1 Å². The number of amides is 1. The summed E-state index contributed by atoms with van der Waals surface area (Å²) in [7, 11) is 6.61. The number of primary amides is 1. The summed E-state index contributed by atoms with van der Waals surface area (Å²) in [6, 6.07) is 1.82. The van der Waals surface area contributed by atoms with Crippen molar-refractivity contribution < 1.29 is 34.2 Å². The van der Waals surface area contributed by atoms with Gasteiger partial charge >= 0.3 is 0 Å². The number of ketones is 4. The standard InChI is InChI=1S/C24H30N4O7/c1-27(2)12-5-6-13(29)14-10(12)7-23(9-25)8-11-17(28(3)4)19(31)15(22(26)34)20(32)24(11,35)21(33)16(23)18(14)30/h5-6,11,15-17,29,35H,7-9,25H2,1-4H3,(H2,26,34)/t11-,15?,16?,17-,23-,24+/m0/s1. The lowest BCUT2D eigenvalue weighted by atomic mass is 9.47. The second-order valence-corrected chi connectivity index (χ2v) is 10.3. The molecule has 11 nitrogen and oxygen atoms in total. The van der Waals surface area contributed by atoms with E-state index < -0.39 is 63.9 Å². The fourth-order valence-corrected chi connectivity index (χ4v) is 6.47. The molecular formula is C24H30N4O7. The number of carbonyl (C=O) groups excluding carboxylic acids is 5. The van der Waals surface area contributed by atoms with Gasteiger partial charge in [-0.25, -0.2) is 0 Å². The van der Waals surface area contributed by atoms with Crippen molar-refractivity contribution in [1.82, 2.24) is 4.90 Å². The van der Waals surface area contributed by atoms with Crippen LogP contribution in [0.2, 0.25) is 0 Å². The molecule has 11 heteroatoms. The number of aromatic hydroxyl groups is 1. The van der Waals surface area contributed by atoms with Gasteiger partial charge in [-0.05, 0) is 51.2 Å². The topological polar surface area (TPSA) is 184 Å². The van der Waals surface area contributed by atoms with Gasteiger partial charge in [-0.15, -0.1) is 0 Å². The maximum absolute atomic E-state index is 14.0. The van der Waals surface area contributed by atoms with E-state index >= 15 is 0 Å². The van der Waals surface area contributed by atoms with Crippen LogP contribution >= 0.6 is 0 Å². The molecule has 1 aromatic rings. The van der Waals surface area contributed by atoms with Crippen LogP contribution < -0.4 is 16.4 Å². The van der Waals surface area contributed by atoms with Gasteiger partial charge in [0.05, 0.1) is 17.5 Å². The van der Waals surface area contributed by atoms with Crippen LogP contribution in [0, 0.1) is 23.2 Å². The van der Waals surface area contributed by atoms with Gasteiger partial charge in [0.25, 0.3) is 0 Å². The molecule has 0 aromatic heterocycles.